The van der Waals surface area contributed by atoms with E-state index in [2.05, 4.69) is 30.2 Å². The molecule has 0 aliphatic rings. The van der Waals surface area contributed by atoms with Crippen LogP contribution in [0.5, 0.6) is 0 Å². The first kappa shape index (κ1) is 8.73. The Morgan fingerprint density at radius 2 is 2.20 bits per heavy atom. The molecule has 3 rings (SSSR count). The Labute approximate surface area is 91.1 Å². The molecule has 2 heterocycles. The smallest absolute Gasteiger partial charge is 0.163 e. The largest absolute Gasteiger partial charge is 0.381 e. The molecule has 0 aliphatic heterocycles. The van der Waals surface area contributed by atoms with Crippen LogP contribution in [-0.2, 0) is 7.05 Å². The highest BCUT2D eigenvalue weighted by Gasteiger charge is 2.12. The average Bonchev–Trinajstić information content (AvgIpc) is 2.66. The lowest BCUT2D eigenvalue weighted by molar-refractivity contribution is 0.804. The molecule has 0 unspecified atom stereocenters. The van der Waals surface area contributed by atoms with Gasteiger partial charge in [-0.2, -0.15) is 5.10 Å². The fourth-order valence-corrected chi connectivity index (χ4v) is 3.17. The molecule has 76 valence electrons. The van der Waals surface area contributed by atoms with Crippen molar-refractivity contribution >= 4 is 37.5 Å². The number of hydrogen-bond acceptors (Lipinski definition) is 3. The zero-order valence-electron chi connectivity index (χ0n) is 8.61. The molecule has 0 atom stereocenters. The fraction of sp³-hybridized carbons (Fsp3) is 0.182. The summed E-state index contributed by atoms with van der Waals surface area (Å²) in [5.74, 6) is 0.631. The summed E-state index contributed by atoms with van der Waals surface area (Å²) >= 11 is 1.71. The van der Waals surface area contributed by atoms with Gasteiger partial charge >= 0.3 is 0 Å². The number of thiophene rings is 1. The minimum Gasteiger partial charge on any atom is -0.381 e. The Kier molecular flexibility index (Phi) is 1.59. The predicted octanol–water partition coefficient (Wildman–Crippen LogP) is 2.68. The van der Waals surface area contributed by atoms with E-state index in [0.29, 0.717) is 5.82 Å². The lowest BCUT2D eigenvalue weighted by Gasteiger charge is -1.94. The summed E-state index contributed by atoms with van der Waals surface area (Å²) in [6.07, 6.45) is 0. The van der Waals surface area contributed by atoms with E-state index in [0.717, 1.165) is 10.2 Å². The second-order valence-corrected chi connectivity index (χ2v) is 4.84. The zero-order valence-corrected chi connectivity index (χ0v) is 9.43. The summed E-state index contributed by atoms with van der Waals surface area (Å²) < 4.78 is 4.24. The van der Waals surface area contributed by atoms with Crippen LogP contribution in [0.2, 0.25) is 0 Å². The molecule has 3 aromatic rings. The summed E-state index contributed by atoms with van der Waals surface area (Å²) in [6, 6.07) is 6.46. The minimum atomic E-state index is 0.631. The summed E-state index contributed by atoms with van der Waals surface area (Å²) in [6.45, 7) is 2.10. The SMILES string of the molecule is Cc1ccc2c(c1)sc1c(N)nn(C)c12. The van der Waals surface area contributed by atoms with Crippen molar-refractivity contribution in [1.29, 1.82) is 0 Å². The first-order valence-electron chi connectivity index (χ1n) is 4.78. The number of hydrogen-bond donors (Lipinski definition) is 1. The number of nitrogen functional groups attached to an aromatic ring is 1. The number of nitrogens with two attached hydrogens (primary N) is 1. The van der Waals surface area contributed by atoms with Gasteiger partial charge in [-0.05, 0) is 18.6 Å². The quantitative estimate of drug-likeness (QED) is 0.629. The van der Waals surface area contributed by atoms with Crippen LogP contribution in [0.1, 0.15) is 5.56 Å². The number of benzene rings is 1. The number of nitrogens with zero attached hydrogens (tertiary/aromatic N) is 2. The monoisotopic (exact) mass is 217 g/mol. The lowest BCUT2D eigenvalue weighted by atomic mass is 10.2. The molecule has 0 bridgehead atoms. The van der Waals surface area contributed by atoms with Crippen molar-refractivity contribution in [2.24, 2.45) is 7.05 Å². The Morgan fingerprint density at radius 3 is 3.00 bits per heavy atom. The van der Waals surface area contributed by atoms with Gasteiger partial charge in [-0.1, -0.05) is 12.1 Å². The van der Waals surface area contributed by atoms with Gasteiger partial charge in [-0.25, -0.2) is 0 Å². The maximum absolute atomic E-state index is 5.86. The van der Waals surface area contributed by atoms with Crippen LogP contribution in [0, 0.1) is 6.92 Å². The van der Waals surface area contributed by atoms with Crippen LogP contribution in [0.3, 0.4) is 0 Å². The molecule has 0 radical (unpaired) electrons. The second kappa shape index (κ2) is 2.73. The van der Waals surface area contributed by atoms with Crippen molar-refractivity contribution in [1.82, 2.24) is 9.78 Å². The van der Waals surface area contributed by atoms with Gasteiger partial charge in [0.2, 0.25) is 0 Å². The first-order chi connectivity index (χ1) is 7.16. The van der Waals surface area contributed by atoms with Crippen LogP contribution in [0.4, 0.5) is 5.82 Å². The molecule has 0 aliphatic carbocycles. The molecule has 3 nitrogen and oxygen atoms in total. The van der Waals surface area contributed by atoms with E-state index in [9.17, 15) is 0 Å². The molecule has 1 aromatic carbocycles. The van der Waals surface area contributed by atoms with Crippen molar-refractivity contribution in [3.05, 3.63) is 23.8 Å². The van der Waals surface area contributed by atoms with Crippen molar-refractivity contribution in [2.45, 2.75) is 6.92 Å². The number of anilines is 1. The van der Waals surface area contributed by atoms with Gasteiger partial charge < -0.3 is 5.73 Å². The van der Waals surface area contributed by atoms with E-state index in [-0.39, 0.29) is 0 Å². The van der Waals surface area contributed by atoms with Crippen molar-refractivity contribution < 1.29 is 0 Å². The molecule has 0 amide bonds. The number of fused-ring (bicyclic) bond motifs is 3. The normalized spacial score (nSPS) is 11.6. The molecule has 2 N–H and O–H groups in total. The van der Waals surface area contributed by atoms with Crippen LogP contribution >= 0.6 is 11.3 Å². The minimum absolute atomic E-state index is 0.631. The van der Waals surface area contributed by atoms with Crippen LogP contribution in [0.25, 0.3) is 20.3 Å². The Balaban J connectivity index is 2.58. The topological polar surface area (TPSA) is 43.8 Å². The van der Waals surface area contributed by atoms with Crippen molar-refractivity contribution in [3.63, 3.8) is 0 Å². The maximum atomic E-state index is 5.86. The highest BCUT2D eigenvalue weighted by molar-refractivity contribution is 7.26. The zero-order chi connectivity index (χ0) is 10.6. The third-order valence-corrected chi connectivity index (χ3v) is 3.80. The van der Waals surface area contributed by atoms with Crippen LogP contribution in [-0.4, -0.2) is 9.78 Å². The molecule has 0 saturated carbocycles. The van der Waals surface area contributed by atoms with Crippen LogP contribution < -0.4 is 5.73 Å². The molecule has 0 fully saturated rings. The van der Waals surface area contributed by atoms with Crippen LogP contribution in [0.15, 0.2) is 18.2 Å². The third-order valence-electron chi connectivity index (χ3n) is 2.63. The summed E-state index contributed by atoms with van der Waals surface area (Å²) in [5.41, 5.74) is 8.28. The average molecular weight is 217 g/mol. The molecule has 15 heavy (non-hydrogen) atoms. The Hall–Kier alpha value is -1.55. The van der Waals surface area contributed by atoms with E-state index < -0.39 is 0 Å². The van der Waals surface area contributed by atoms with E-state index in [1.165, 1.54) is 15.6 Å². The molecule has 2 aromatic heterocycles. The van der Waals surface area contributed by atoms with Crippen molar-refractivity contribution in [2.75, 3.05) is 5.73 Å². The Bertz CT molecular complexity index is 663. The van der Waals surface area contributed by atoms with E-state index >= 15 is 0 Å². The van der Waals surface area contributed by atoms with Gasteiger partial charge in [-0.15, -0.1) is 11.3 Å². The van der Waals surface area contributed by atoms with Crippen molar-refractivity contribution in [3.8, 4) is 0 Å². The summed E-state index contributed by atoms with van der Waals surface area (Å²) in [5, 5.41) is 5.47. The summed E-state index contributed by atoms with van der Waals surface area (Å²) in [4.78, 5) is 0. The predicted molar refractivity (Wildman–Crippen MR) is 65.2 cm³/mol. The molecule has 0 saturated heterocycles. The summed E-state index contributed by atoms with van der Waals surface area (Å²) in [7, 11) is 1.94. The fourth-order valence-electron chi connectivity index (χ4n) is 1.94. The maximum Gasteiger partial charge on any atom is 0.163 e. The Morgan fingerprint density at radius 1 is 1.40 bits per heavy atom. The number of aryl methyl sites for hydroxylation is 2. The number of aromatic nitrogens is 2. The number of rotatable bonds is 0. The van der Waals surface area contributed by atoms with Gasteiger partial charge in [0.25, 0.3) is 0 Å². The highest BCUT2D eigenvalue weighted by atomic mass is 32.1. The standard InChI is InChI=1S/C11H11N3S/c1-6-3-4-7-8(5-6)15-10-9(7)14(2)13-11(10)12/h3-5H,1-2H3,(H2,12,13). The molecule has 0 spiro atoms. The van der Waals surface area contributed by atoms with Gasteiger partial charge in [0.1, 0.15) is 0 Å². The van der Waals surface area contributed by atoms with Gasteiger partial charge in [0.05, 0.1) is 10.2 Å². The lowest BCUT2D eigenvalue weighted by Crippen LogP contribution is -1.91. The first-order valence-corrected chi connectivity index (χ1v) is 5.60. The molecule has 4 heteroatoms. The van der Waals surface area contributed by atoms with E-state index in [4.69, 9.17) is 5.73 Å². The van der Waals surface area contributed by atoms with E-state index in [1.54, 1.807) is 11.3 Å². The molecular formula is C11H11N3S. The third kappa shape index (κ3) is 1.08. The van der Waals surface area contributed by atoms with Gasteiger partial charge in [-0.3, -0.25) is 4.68 Å². The highest BCUT2D eigenvalue weighted by Crippen LogP contribution is 2.36. The van der Waals surface area contributed by atoms with Gasteiger partial charge in [0, 0.05) is 17.1 Å². The van der Waals surface area contributed by atoms with E-state index in [1.807, 2.05) is 11.7 Å². The second-order valence-electron chi connectivity index (χ2n) is 3.79. The van der Waals surface area contributed by atoms with Gasteiger partial charge in [0.15, 0.2) is 5.82 Å². The molecular weight excluding hydrogens is 206 g/mol.